The summed E-state index contributed by atoms with van der Waals surface area (Å²) in [4.78, 5) is 51.9. The van der Waals surface area contributed by atoms with Crippen LogP contribution >= 0.6 is 0 Å². The lowest BCUT2D eigenvalue weighted by molar-refractivity contribution is -0.153. The average molecular weight is 515 g/mol. The summed E-state index contributed by atoms with van der Waals surface area (Å²) in [5.74, 6) is -7.77. The van der Waals surface area contributed by atoms with E-state index in [0.717, 1.165) is 0 Å². The number of primary amides is 1. The molecule has 4 atom stereocenters. The maximum Gasteiger partial charge on any atom is 0.330 e. The van der Waals surface area contributed by atoms with Crippen LogP contribution in [0, 0.1) is 11.8 Å². The SMILES string of the molecule is C.COC(=O)/C=C/c1ccc(O)c2c1C[C@H]1C[C@H]3[C@H](N(C)C)C(=O)C(C(N)=O)=C(O)[C@@]3(O)C(=O)C1=C2O. The molecule has 37 heavy (non-hydrogen) atoms. The van der Waals surface area contributed by atoms with Crippen LogP contribution in [-0.2, 0) is 30.3 Å². The van der Waals surface area contributed by atoms with Crippen molar-refractivity contribution in [2.24, 2.45) is 17.6 Å². The van der Waals surface area contributed by atoms with E-state index in [0.29, 0.717) is 11.1 Å². The maximum atomic E-state index is 13.7. The highest BCUT2D eigenvalue weighted by Gasteiger charge is 2.64. The van der Waals surface area contributed by atoms with Crippen LogP contribution < -0.4 is 5.73 Å². The summed E-state index contributed by atoms with van der Waals surface area (Å²) in [6, 6.07) is 1.65. The molecule has 1 saturated carbocycles. The van der Waals surface area contributed by atoms with Gasteiger partial charge in [0.25, 0.3) is 5.91 Å². The number of carbonyl (C=O) groups excluding carboxylic acids is 4. The van der Waals surface area contributed by atoms with E-state index >= 15 is 0 Å². The Hall–Kier alpha value is -3.96. The molecule has 3 aliphatic carbocycles. The molecule has 0 heterocycles. The molecular formula is C26H30N2O9. The molecular weight excluding hydrogens is 484 g/mol. The number of ketones is 2. The number of fused-ring (bicyclic) bond motifs is 3. The number of hydrogen-bond donors (Lipinski definition) is 5. The minimum atomic E-state index is -2.69. The fourth-order valence-electron chi connectivity index (χ4n) is 5.65. The quantitative estimate of drug-likeness (QED) is 0.218. The van der Waals surface area contributed by atoms with Gasteiger partial charge in [-0.05, 0) is 56.1 Å². The normalized spacial score (nSPS) is 27.0. The Morgan fingerprint density at radius 2 is 1.84 bits per heavy atom. The van der Waals surface area contributed by atoms with E-state index in [1.54, 1.807) is 0 Å². The predicted octanol–water partition coefficient (Wildman–Crippen LogP) is 0.786. The van der Waals surface area contributed by atoms with E-state index in [2.05, 4.69) is 4.74 Å². The summed E-state index contributed by atoms with van der Waals surface area (Å²) >= 11 is 0. The summed E-state index contributed by atoms with van der Waals surface area (Å²) in [5, 5.41) is 44.0. The molecule has 3 aliphatic rings. The molecule has 0 aromatic heterocycles. The first kappa shape index (κ1) is 27.6. The van der Waals surface area contributed by atoms with Crippen molar-refractivity contribution in [3.63, 3.8) is 0 Å². The molecule has 1 amide bonds. The van der Waals surface area contributed by atoms with Gasteiger partial charge < -0.3 is 30.9 Å². The number of phenols is 1. The second-order valence-electron chi connectivity index (χ2n) is 9.35. The van der Waals surface area contributed by atoms with Crippen molar-refractivity contribution in [1.29, 1.82) is 0 Å². The van der Waals surface area contributed by atoms with Gasteiger partial charge in [0, 0.05) is 17.6 Å². The second-order valence-corrected chi connectivity index (χ2v) is 9.35. The standard InChI is InChI=1S/C25H26N2O9.CH4/c1-27(2)19-13-9-11-8-12-10(5-7-15(29)36-3)4-6-14(28)17(12)20(30)16(11)22(32)25(13,35)23(33)18(21(19)31)24(26)34;/h4-7,11,13,19,28,30,33,35H,8-9H2,1-3H3,(H2,26,34);1H4/b7-5+;/t11-,13-,19-,25-;/m0./s1. The van der Waals surface area contributed by atoms with Gasteiger partial charge in [0.05, 0.1) is 18.7 Å². The number of nitrogens with two attached hydrogens (primary N) is 1. The first-order valence-electron chi connectivity index (χ1n) is 11.1. The van der Waals surface area contributed by atoms with Crippen molar-refractivity contribution in [1.82, 2.24) is 4.90 Å². The zero-order valence-electron chi connectivity index (χ0n) is 19.8. The number of hydrogen-bond acceptors (Lipinski definition) is 10. The summed E-state index contributed by atoms with van der Waals surface area (Å²) in [6.07, 6.45) is 2.71. The van der Waals surface area contributed by atoms with Gasteiger partial charge in [-0.3, -0.25) is 19.3 Å². The zero-order chi connectivity index (χ0) is 26.7. The lowest BCUT2D eigenvalue weighted by Gasteiger charge is -2.50. The van der Waals surface area contributed by atoms with Crippen molar-refractivity contribution in [3.05, 3.63) is 51.8 Å². The number of esters is 1. The van der Waals surface area contributed by atoms with E-state index in [1.165, 1.54) is 50.4 Å². The molecule has 6 N–H and O–H groups in total. The molecule has 11 heteroatoms. The number of benzene rings is 1. The van der Waals surface area contributed by atoms with E-state index in [4.69, 9.17) is 5.73 Å². The lowest BCUT2D eigenvalue weighted by Crippen LogP contribution is -2.65. The smallest absolute Gasteiger partial charge is 0.330 e. The molecule has 198 valence electrons. The molecule has 0 spiro atoms. The Morgan fingerprint density at radius 1 is 1.19 bits per heavy atom. The van der Waals surface area contributed by atoms with Crippen molar-refractivity contribution in [3.8, 4) is 5.75 Å². The Labute approximate surface area is 213 Å². The third-order valence-corrected chi connectivity index (χ3v) is 7.24. The summed E-state index contributed by atoms with van der Waals surface area (Å²) in [5.41, 5.74) is 2.37. The molecule has 11 nitrogen and oxygen atoms in total. The number of aromatic hydroxyl groups is 1. The Morgan fingerprint density at radius 3 is 2.41 bits per heavy atom. The van der Waals surface area contributed by atoms with Gasteiger partial charge >= 0.3 is 5.97 Å². The van der Waals surface area contributed by atoms with Crippen molar-refractivity contribution in [2.75, 3.05) is 21.2 Å². The van der Waals surface area contributed by atoms with Crippen LogP contribution in [0.1, 0.15) is 30.5 Å². The average Bonchev–Trinajstić information content (AvgIpc) is 2.80. The lowest BCUT2D eigenvalue weighted by atomic mass is 9.57. The first-order valence-corrected chi connectivity index (χ1v) is 11.1. The Kier molecular flexibility index (Phi) is 7.08. The van der Waals surface area contributed by atoms with Crippen LogP contribution in [0.2, 0.25) is 0 Å². The van der Waals surface area contributed by atoms with Gasteiger partial charge in [0.2, 0.25) is 5.78 Å². The number of aliphatic hydroxyl groups is 3. The van der Waals surface area contributed by atoms with Crippen molar-refractivity contribution >= 4 is 35.3 Å². The van der Waals surface area contributed by atoms with Gasteiger partial charge in [-0.15, -0.1) is 0 Å². The zero-order valence-corrected chi connectivity index (χ0v) is 19.8. The number of carbonyl (C=O) groups is 4. The third-order valence-electron chi connectivity index (χ3n) is 7.24. The number of amides is 1. The summed E-state index contributed by atoms with van der Waals surface area (Å²) in [7, 11) is 4.27. The summed E-state index contributed by atoms with van der Waals surface area (Å²) < 4.78 is 4.61. The van der Waals surface area contributed by atoms with Crippen molar-refractivity contribution < 1.29 is 44.3 Å². The Bertz CT molecular complexity index is 1310. The highest BCUT2D eigenvalue weighted by molar-refractivity contribution is 6.24. The third kappa shape index (κ3) is 3.91. The van der Waals surface area contributed by atoms with Gasteiger partial charge in [-0.2, -0.15) is 0 Å². The molecule has 1 aromatic rings. The number of methoxy groups -OCH3 is 1. The highest BCUT2D eigenvalue weighted by Crippen LogP contribution is 2.53. The first-order chi connectivity index (χ1) is 16.9. The van der Waals surface area contributed by atoms with E-state index in [9.17, 15) is 39.6 Å². The number of Topliss-reactive ketones (excluding diaryl/α,β-unsaturated/α-hetero) is 2. The number of phenolic OH excluding ortho intramolecular Hbond substituents is 1. The molecule has 0 aliphatic heterocycles. The molecule has 0 bridgehead atoms. The number of ether oxygens (including phenoxy) is 1. The molecule has 0 saturated heterocycles. The second kappa shape index (κ2) is 9.49. The number of likely N-dealkylation sites (N-methyl/N-ethyl adjacent to an activating group) is 1. The largest absolute Gasteiger partial charge is 0.508 e. The number of nitrogens with zero attached hydrogens (tertiary/aromatic N) is 1. The van der Waals surface area contributed by atoms with Crippen LogP contribution in [0.3, 0.4) is 0 Å². The molecule has 0 radical (unpaired) electrons. The van der Waals surface area contributed by atoms with Gasteiger partial charge in [-0.25, -0.2) is 4.79 Å². The van der Waals surface area contributed by atoms with Gasteiger partial charge in [0.1, 0.15) is 22.8 Å². The summed E-state index contributed by atoms with van der Waals surface area (Å²) in [6.45, 7) is 0. The molecule has 0 unspecified atom stereocenters. The van der Waals surface area contributed by atoms with Crippen LogP contribution in [0.4, 0.5) is 0 Å². The van der Waals surface area contributed by atoms with Gasteiger partial charge in [-0.1, -0.05) is 13.5 Å². The minimum Gasteiger partial charge on any atom is -0.508 e. The fraction of sp³-hybridized carbons (Fsp3) is 0.385. The van der Waals surface area contributed by atoms with Crippen LogP contribution in [-0.4, -0.2) is 81.6 Å². The van der Waals surface area contributed by atoms with Crippen LogP contribution in [0.5, 0.6) is 5.75 Å². The number of aliphatic hydroxyl groups excluding tert-OH is 2. The van der Waals surface area contributed by atoms with Crippen molar-refractivity contribution in [2.45, 2.75) is 31.9 Å². The molecule has 4 rings (SSSR count). The molecule has 1 fully saturated rings. The molecule has 1 aromatic carbocycles. The predicted molar refractivity (Wildman–Crippen MR) is 132 cm³/mol. The topological polar surface area (TPSA) is 188 Å². The Balaban J connectivity index is 0.00000380. The van der Waals surface area contributed by atoms with E-state index in [-0.39, 0.29) is 37.2 Å². The van der Waals surface area contributed by atoms with E-state index in [1.807, 2.05) is 0 Å². The van der Waals surface area contributed by atoms with E-state index < -0.39 is 64.0 Å². The van der Waals surface area contributed by atoms with Crippen LogP contribution in [0.15, 0.2) is 35.1 Å². The van der Waals surface area contributed by atoms with Gasteiger partial charge in [0.15, 0.2) is 11.4 Å². The number of rotatable bonds is 4. The maximum absolute atomic E-state index is 13.7. The minimum absolute atomic E-state index is 0. The fourth-order valence-corrected chi connectivity index (χ4v) is 5.65. The monoisotopic (exact) mass is 514 g/mol. The highest BCUT2D eigenvalue weighted by atomic mass is 16.5. The van der Waals surface area contributed by atoms with Crippen LogP contribution in [0.25, 0.3) is 11.8 Å².